The summed E-state index contributed by atoms with van der Waals surface area (Å²) < 4.78 is 22.3. The van der Waals surface area contributed by atoms with Crippen molar-refractivity contribution < 1.29 is 33.3 Å². The van der Waals surface area contributed by atoms with E-state index >= 15 is 0 Å². The number of carbonyl (C=O) groups is 3. The van der Waals surface area contributed by atoms with Gasteiger partial charge in [0.15, 0.2) is 11.5 Å². The van der Waals surface area contributed by atoms with Crippen LogP contribution in [0.1, 0.15) is 82.7 Å². The highest BCUT2D eigenvalue weighted by Gasteiger charge is 2.43. The third-order valence-electron chi connectivity index (χ3n) is 7.93. The number of esters is 1. The second-order valence-corrected chi connectivity index (χ2v) is 10.5. The van der Waals surface area contributed by atoms with E-state index in [0.717, 1.165) is 56.3 Å². The van der Waals surface area contributed by atoms with Gasteiger partial charge in [0.25, 0.3) is 0 Å². The molecular weight excluding hydrogens is 488 g/mol. The van der Waals surface area contributed by atoms with Gasteiger partial charge in [0.2, 0.25) is 0 Å². The van der Waals surface area contributed by atoms with Gasteiger partial charge < -0.3 is 24.3 Å². The van der Waals surface area contributed by atoms with E-state index in [9.17, 15) is 14.4 Å². The van der Waals surface area contributed by atoms with Crippen molar-refractivity contribution in [2.45, 2.75) is 77.2 Å². The van der Waals surface area contributed by atoms with Crippen molar-refractivity contribution in [2.24, 2.45) is 11.8 Å². The second kappa shape index (κ2) is 13.0. The Morgan fingerprint density at radius 1 is 0.868 bits per heavy atom. The first-order chi connectivity index (χ1) is 18.4. The van der Waals surface area contributed by atoms with E-state index in [1.165, 1.54) is 27.1 Å². The van der Waals surface area contributed by atoms with Gasteiger partial charge >= 0.3 is 18.1 Å². The minimum Gasteiger partial charge on any atom is -0.493 e. The zero-order valence-corrected chi connectivity index (χ0v) is 22.8. The molecule has 38 heavy (non-hydrogen) atoms. The average molecular weight is 529 g/mol. The van der Waals surface area contributed by atoms with Crippen molar-refractivity contribution in [1.82, 2.24) is 10.2 Å². The molecule has 9 nitrogen and oxygen atoms in total. The van der Waals surface area contributed by atoms with Crippen LogP contribution in [0.4, 0.5) is 9.59 Å². The van der Waals surface area contributed by atoms with Crippen LogP contribution < -0.4 is 14.8 Å². The number of hydrogen-bond donors (Lipinski definition) is 1. The van der Waals surface area contributed by atoms with Crippen LogP contribution in [0.3, 0.4) is 0 Å². The van der Waals surface area contributed by atoms with E-state index in [1.807, 2.05) is 0 Å². The predicted octanol–water partition coefficient (Wildman–Crippen LogP) is 5.88. The molecular formula is C29H40N2O7. The highest BCUT2D eigenvalue weighted by atomic mass is 16.6. The molecule has 1 aromatic rings. The van der Waals surface area contributed by atoms with Crippen LogP contribution in [0.5, 0.6) is 11.5 Å². The predicted molar refractivity (Wildman–Crippen MR) is 141 cm³/mol. The summed E-state index contributed by atoms with van der Waals surface area (Å²) in [5.74, 6) is 0.947. The number of hydrogen-bond acceptors (Lipinski definition) is 7. The number of carbonyl (C=O) groups excluding carboxylic acids is 3. The lowest BCUT2D eigenvalue weighted by Crippen LogP contribution is -2.51. The molecule has 2 saturated carbocycles. The van der Waals surface area contributed by atoms with Crippen molar-refractivity contribution in [3.05, 3.63) is 35.0 Å². The summed E-state index contributed by atoms with van der Waals surface area (Å²) in [4.78, 5) is 41.1. The Hall–Kier alpha value is -3.23. The van der Waals surface area contributed by atoms with E-state index in [-0.39, 0.29) is 18.1 Å². The zero-order chi connectivity index (χ0) is 27.1. The van der Waals surface area contributed by atoms with Gasteiger partial charge in [0, 0.05) is 5.70 Å². The Balaban J connectivity index is 1.63. The molecule has 0 spiro atoms. The lowest BCUT2D eigenvalue weighted by Gasteiger charge is -2.36. The van der Waals surface area contributed by atoms with Crippen molar-refractivity contribution in [3.8, 4) is 11.5 Å². The van der Waals surface area contributed by atoms with E-state index in [4.69, 9.17) is 18.9 Å². The van der Waals surface area contributed by atoms with Crippen LogP contribution in [-0.2, 0) is 14.3 Å². The standard InChI is InChI=1S/C29H40N2O7/c1-19-25(27(32)37-17-20-10-6-4-7-11-20)26(22-14-15-23(35-2)24(16-22)36-3)31(28(33)30-19)29(34)38-18-21-12-8-5-9-13-21/h14-16,20-21,26H,4-13,17-18H2,1-3H3,(H,30,33). The van der Waals surface area contributed by atoms with Gasteiger partial charge in [-0.25, -0.2) is 19.3 Å². The largest absolute Gasteiger partial charge is 0.493 e. The Morgan fingerprint density at radius 3 is 2.03 bits per heavy atom. The van der Waals surface area contributed by atoms with E-state index in [0.29, 0.717) is 35.3 Å². The molecule has 1 atom stereocenters. The molecule has 4 rings (SSSR count). The van der Waals surface area contributed by atoms with Crippen LogP contribution in [-0.4, -0.2) is 50.4 Å². The fourth-order valence-electron chi connectivity index (χ4n) is 5.77. The molecule has 2 aliphatic carbocycles. The number of imide groups is 1. The topological polar surface area (TPSA) is 103 Å². The van der Waals surface area contributed by atoms with Gasteiger partial charge in [-0.3, -0.25) is 0 Å². The minimum atomic E-state index is -1.04. The number of methoxy groups -OCH3 is 2. The zero-order valence-electron chi connectivity index (χ0n) is 22.8. The molecule has 3 amide bonds. The second-order valence-electron chi connectivity index (χ2n) is 10.5. The smallest absolute Gasteiger partial charge is 0.418 e. The molecule has 9 heteroatoms. The molecule has 0 radical (unpaired) electrons. The molecule has 3 aliphatic rings. The van der Waals surface area contributed by atoms with Crippen molar-refractivity contribution in [1.29, 1.82) is 0 Å². The molecule has 1 aromatic carbocycles. The summed E-state index contributed by atoms with van der Waals surface area (Å²) in [6.45, 7) is 2.20. The van der Waals surface area contributed by atoms with Crippen LogP contribution in [0.15, 0.2) is 29.5 Å². The summed E-state index contributed by atoms with van der Waals surface area (Å²) in [7, 11) is 3.03. The van der Waals surface area contributed by atoms with E-state index in [1.54, 1.807) is 25.1 Å². The normalized spacial score (nSPS) is 21.1. The first kappa shape index (κ1) is 27.8. The molecule has 1 aliphatic heterocycles. The highest BCUT2D eigenvalue weighted by molar-refractivity contribution is 6.00. The molecule has 2 fully saturated rings. The van der Waals surface area contributed by atoms with Crippen molar-refractivity contribution >= 4 is 18.1 Å². The fourth-order valence-corrected chi connectivity index (χ4v) is 5.77. The van der Waals surface area contributed by atoms with Crippen molar-refractivity contribution in [2.75, 3.05) is 27.4 Å². The SMILES string of the molecule is COc1ccc(C2C(C(=O)OCC3CCCCC3)=C(C)NC(=O)N2C(=O)OCC2CCCCC2)cc1OC. The summed E-state index contributed by atoms with van der Waals surface area (Å²) in [6, 6.07) is 3.38. The summed E-state index contributed by atoms with van der Waals surface area (Å²) >= 11 is 0. The minimum absolute atomic E-state index is 0.197. The lowest BCUT2D eigenvalue weighted by atomic mass is 9.90. The number of ether oxygens (including phenoxy) is 4. The average Bonchev–Trinajstić information content (AvgIpc) is 2.95. The Kier molecular flexibility index (Phi) is 9.53. The first-order valence-electron chi connectivity index (χ1n) is 13.8. The molecule has 0 aromatic heterocycles. The number of allylic oxidation sites excluding steroid dienone is 1. The van der Waals surface area contributed by atoms with Crippen LogP contribution in [0.25, 0.3) is 0 Å². The fraction of sp³-hybridized carbons (Fsp3) is 0.621. The maximum atomic E-state index is 13.5. The van der Waals surface area contributed by atoms with Crippen LogP contribution >= 0.6 is 0 Å². The van der Waals surface area contributed by atoms with Gasteiger partial charge in [0.1, 0.15) is 6.04 Å². The number of amides is 3. The van der Waals surface area contributed by atoms with Crippen molar-refractivity contribution in [3.63, 3.8) is 0 Å². The van der Waals surface area contributed by atoms with E-state index in [2.05, 4.69) is 5.32 Å². The molecule has 0 saturated heterocycles. The van der Waals surface area contributed by atoms with Gasteiger partial charge in [-0.05, 0) is 62.1 Å². The van der Waals surface area contributed by atoms with E-state index < -0.39 is 24.1 Å². The van der Waals surface area contributed by atoms with Gasteiger partial charge in [-0.2, -0.15) is 0 Å². The highest BCUT2D eigenvalue weighted by Crippen LogP contribution is 2.39. The molecule has 1 N–H and O–H groups in total. The number of urea groups is 1. The third-order valence-corrected chi connectivity index (χ3v) is 7.93. The quantitative estimate of drug-likeness (QED) is 0.420. The van der Waals surface area contributed by atoms with Crippen LogP contribution in [0.2, 0.25) is 0 Å². The Bertz CT molecular complexity index is 1040. The number of nitrogens with zero attached hydrogens (tertiary/aromatic N) is 1. The summed E-state index contributed by atoms with van der Waals surface area (Å²) in [5.41, 5.74) is 1.05. The number of benzene rings is 1. The summed E-state index contributed by atoms with van der Waals surface area (Å²) in [5, 5.41) is 2.68. The third kappa shape index (κ3) is 6.42. The monoisotopic (exact) mass is 528 g/mol. The number of rotatable bonds is 8. The molecule has 1 heterocycles. The van der Waals surface area contributed by atoms with Gasteiger partial charge in [-0.1, -0.05) is 44.6 Å². The summed E-state index contributed by atoms with van der Waals surface area (Å²) in [6.07, 6.45) is 10.1. The van der Waals surface area contributed by atoms with Gasteiger partial charge in [-0.15, -0.1) is 0 Å². The Labute approximate surface area is 224 Å². The first-order valence-corrected chi connectivity index (χ1v) is 13.8. The number of nitrogens with one attached hydrogen (secondary N) is 1. The van der Waals surface area contributed by atoms with Crippen LogP contribution in [0, 0.1) is 11.8 Å². The maximum Gasteiger partial charge on any atom is 0.418 e. The van der Waals surface area contributed by atoms with Gasteiger partial charge in [0.05, 0.1) is 33.0 Å². The molecule has 1 unspecified atom stereocenters. The maximum absolute atomic E-state index is 13.5. The molecule has 0 bridgehead atoms. The lowest BCUT2D eigenvalue weighted by molar-refractivity contribution is -0.141. The Morgan fingerprint density at radius 2 is 1.45 bits per heavy atom. The molecule has 208 valence electrons.